The van der Waals surface area contributed by atoms with Crippen molar-refractivity contribution in [2.24, 2.45) is 0 Å². The van der Waals surface area contributed by atoms with E-state index in [1.807, 2.05) is 67.6 Å². The van der Waals surface area contributed by atoms with Crippen molar-refractivity contribution in [2.45, 2.75) is 13.5 Å². The third-order valence-electron chi connectivity index (χ3n) is 4.64. The third-order valence-corrected chi connectivity index (χ3v) is 4.64. The summed E-state index contributed by atoms with van der Waals surface area (Å²) in [6.45, 7) is 3.06. The lowest BCUT2D eigenvalue weighted by Crippen LogP contribution is -2.30. The molecular formula is C25H24N2O3. The summed E-state index contributed by atoms with van der Waals surface area (Å²) in [5.74, 6) is 1.36. The number of carbonyl (C=O) groups excluding carboxylic acids is 1. The number of hydrogen-bond donors (Lipinski definition) is 0. The first-order valence-corrected chi connectivity index (χ1v) is 9.78. The van der Waals surface area contributed by atoms with E-state index in [1.54, 1.807) is 24.1 Å². The molecule has 30 heavy (non-hydrogen) atoms. The molecule has 5 nitrogen and oxygen atoms in total. The van der Waals surface area contributed by atoms with E-state index >= 15 is 0 Å². The number of hydrogen-bond acceptors (Lipinski definition) is 4. The van der Waals surface area contributed by atoms with Crippen molar-refractivity contribution in [3.63, 3.8) is 0 Å². The summed E-state index contributed by atoms with van der Waals surface area (Å²) >= 11 is 0. The molecule has 0 aliphatic heterocycles. The molecule has 0 heterocycles. The minimum absolute atomic E-state index is 0.0241. The Morgan fingerprint density at radius 3 is 1.97 bits per heavy atom. The Morgan fingerprint density at radius 1 is 0.867 bits per heavy atom. The number of amides is 1. The maximum atomic E-state index is 12.4. The van der Waals surface area contributed by atoms with Gasteiger partial charge in [-0.1, -0.05) is 36.4 Å². The molecule has 3 aromatic carbocycles. The van der Waals surface area contributed by atoms with Crippen molar-refractivity contribution in [3.05, 3.63) is 83.9 Å². The van der Waals surface area contributed by atoms with Crippen LogP contribution in [0.3, 0.4) is 0 Å². The van der Waals surface area contributed by atoms with Gasteiger partial charge in [-0.15, -0.1) is 0 Å². The van der Waals surface area contributed by atoms with Gasteiger partial charge in [0.2, 0.25) is 0 Å². The molecule has 0 saturated heterocycles. The van der Waals surface area contributed by atoms with E-state index in [-0.39, 0.29) is 12.5 Å². The third kappa shape index (κ3) is 5.62. The fraction of sp³-hybridized carbons (Fsp3) is 0.200. The molecule has 0 fully saturated rings. The Kier molecular flexibility index (Phi) is 7.07. The first-order valence-electron chi connectivity index (χ1n) is 9.78. The molecule has 152 valence electrons. The lowest BCUT2D eigenvalue weighted by molar-refractivity contribution is -0.132. The topological polar surface area (TPSA) is 62.6 Å². The van der Waals surface area contributed by atoms with E-state index in [9.17, 15) is 4.79 Å². The average molecular weight is 400 g/mol. The van der Waals surface area contributed by atoms with Gasteiger partial charge in [0, 0.05) is 13.6 Å². The van der Waals surface area contributed by atoms with Crippen LogP contribution in [0.4, 0.5) is 0 Å². The van der Waals surface area contributed by atoms with Crippen LogP contribution < -0.4 is 9.47 Å². The molecule has 0 N–H and O–H groups in total. The number of carbonyl (C=O) groups is 1. The minimum Gasteiger partial charge on any atom is -0.494 e. The Balaban J connectivity index is 1.51. The van der Waals surface area contributed by atoms with E-state index in [4.69, 9.17) is 14.7 Å². The van der Waals surface area contributed by atoms with Gasteiger partial charge in [0.15, 0.2) is 6.61 Å². The van der Waals surface area contributed by atoms with Crippen LogP contribution in [0.1, 0.15) is 18.1 Å². The summed E-state index contributed by atoms with van der Waals surface area (Å²) in [7, 11) is 1.76. The molecule has 0 radical (unpaired) electrons. The largest absolute Gasteiger partial charge is 0.494 e. The number of nitrogens with zero attached hydrogens (tertiary/aromatic N) is 2. The molecule has 0 bridgehead atoms. The summed E-state index contributed by atoms with van der Waals surface area (Å²) < 4.78 is 11.1. The predicted molar refractivity (Wildman–Crippen MR) is 116 cm³/mol. The maximum absolute atomic E-state index is 12.4. The van der Waals surface area contributed by atoms with Gasteiger partial charge in [0.25, 0.3) is 5.91 Å². The predicted octanol–water partition coefficient (Wildman–Crippen LogP) is 4.66. The highest BCUT2D eigenvalue weighted by molar-refractivity contribution is 5.77. The molecule has 0 aliphatic rings. The lowest BCUT2D eigenvalue weighted by Gasteiger charge is -2.18. The Morgan fingerprint density at radius 2 is 1.40 bits per heavy atom. The summed E-state index contributed by atoms with van der Waals surface area (Å²) in [5, 5.41) is 8.89. The summed E-state index contributed by atoms with van der Waals surface area (Å²) in [6, 6.07) is 24.8. The summed E-state index contributed by atoms with van der Waals surface area (Å²) in [4.78, 5) is 14.0. The monoisotopic (exact) mass is 400 g/mol. The van der Waals surface area contributed by atoms with Gasteiger partial charge >= 0.3 is 0 Å². The van der Waals surface area contributed by atoms with Gasteiger partial charge < -0.3 is 14.4 Å². The molecule has 1 amide bonds. The van der Waals surface area contributed by atoms with E-state index in [0.29, 0.717) is 24.5 Å². The van der Waals surface area contributed by atoms with Crippen LogP contribution in [0.25, 0.3) is 11.1 Å². The standard InChI is InChI=1S/C25H24N2O3/c1-3-29-23-12-6-20(7-13-23)17-27(2)25(28)18-30-24-14-10-22(11-15-24)21-8-4-19(16-26)5-9-21/h4-15H,3,17-18H2,1-2H3. The fourth-order valence-corrected chi connectivity index (χ4v) is 2.96. The SMILES string of the molecule is CCOc1ccc(CN(C)C(=O)COc2ccc(-c3ccc(C#N)cc3)cc2)cc1. The quantitative estimate of drug-likeness (QED) is 0.552. The Hall–Kier alpha value is -3.78. The second-order valence-corrected chi connectivity index (χ2v) is 6.83. The number of rotatable bonds is 8. The van der Waals surface area contributed by atoms with Gasteiger partial charge in [-0.3, -0.25) is 4.79 Å². The maximum Gasteiger partial charge on any atom is 0.260 e. The van der Waals surface area contributed by atoms with Crippen molar-refractivity contribution in [2.75, 3.05) is 20.3 Å². The first-order chi connectivity index (χ1) is 14.6. The van der Waals surface area contributed by atoms with Crippen LogP contribution in [0.2, 0.25) is 0 Å². The Bertz CT molecular complexity index is 1000. The van der Waals surface area contributed by atoms with Crippen molar-refractivity contribution in [3.8, 4) is 28.7 Å². The second-order valence-electron chi connectivity index (χ2n) is 6.83. The number of ether oxygens (including phenoxy) is 2. The molecule has 0 aliphatic carbocycles. The lowest BCUT2D eigenvalue weighted by atomic mass is 10.0. The highest BCUT2D eigenvalue weighted by Gasteiger charge is 2.10. The molecule has 3 rings (SSSR count). The molecule has 0 spiro atoms. The van der Waals surface area contributed by atoms with Crippen LogP contribution in [0, 0.1) is 11.3 Å². The van der Waals surface area contributed by atoms with Gasteiger partial charge in [-0.05, 0) is 60.0 Å². The molecular weight excluding hydrogens is 376 g/mol. The van der Waals surface area contributed by atoms with Gasteiger partial charge in [-0.2, -0.15) is 5.26 Å². The van der Waals surface area contributed by atoms with E-state index < -0.39 is 0 Å². The molecule has 3 aromatic rings. The normalized spacial score (nSPS) is 10.2. The van der Waals surface area contributed by atoms with E-state index in [2.05, 4.69) is 6.07 Å². The van der Waals surface area contributed by atoms with Crippen molar-refractivity contribution in [1.82, 2.24) is 4.90 Å². The molecule has 0 saturated carbocycles. The molecule has 5 heteroatoms. The Labute approximate surface area is 177 Å². The highest BCUT2D eigenvalue weighted by Crippen LogP contribution is 2.23. The number of nitriles is 1. The number of likely N-dealkylation sites (N-methyl/N-ethyl adjacent to an activating group) is 1. The van der Waals surface area contributed by atoms with Gasteiger partial charge in [-0.25, -0.2) is 0 Å². The van der Waals surface area contributed by atoms with Crippen molar-refractivity contribution in [1.29, 1.82) is 5.26 Å². The van der Waals surface area contributed by atoms with Crippen LogP contribution in [-0.4, -0.2) is 31.1 Å². The minimum atomic E-state index is -0.0972. The molecule has 0 aromatic heterocycles. The van der Waals surface area contributed by atoms with Gasteiger partial charge in [0.05, 0.1) is 18.2 Å². The summed E-state index contributed by atoms with van der Waals surface area (Å²) in [6.07, 6.45) is 0. The van der Waals surface area contributed by atoms with Crippen LogP contribution in [-0.2, 0) is 11.3 Å². The van der Waals surface area contributed by atoms with Crippen molar-refractivity contribution < 1.29 is 14.3 Å². The first kappa shape index (κ1) is 20.9. The smallest absolute Gasteiger partial charge is 0.260 e. The average Bonchev–Trinajstić information content (AvgIpc) is 2.79. The fourth-order valence-electron chi connectivity index (χ4n) is 2.96. The van der Waals surface area contributed by atoms with E-state index in [0.717, 1.165) is 22.4 Å². The van der Waals surface area contributed by atoms with Crippen LogP contribution in [0.5, 0.6) is 11.5 Å². The zero-order valence-corrected chi connectivity index (χ0v) is 17.2. The van der Waals surface area contributed by atoms with Crippen LogP contribution >= 0.6 is 0 Å². The summed E-state index contributed by atoms with van der Waals surface area (Å²) in [5.41, 5.74) is 3.70. The van der Waals surface area contributed by atoms with Crippen molar-refractivity contribution >= 4 is 5.91 Å². The number of benzene rings is 3. The molecule has 0 unspecified atom stereocenters. The zero-order valence-electron chi connectivity index (χ0n) is 17.2. The van der Waals surface area contributed by atoms with Crippen LogP contribution in [0.15, 0.2) is 72.8 Å². The van der Waals surface area contributed by atoms with E-state index in [1.165, 1.54) is 0 Å². The highest BCUT2D eigenvalue weighted by atomic mass is 16.5. The molecule has 0 atom stereocenters. The zero-order chi connectivity index (χ0) is 21.3. The van der Waals surface area contributed by atoms with Gasteiger partial charge in [0.1, 0.15) is 11.5 Å². The second kappa shape index (κ2) is 10.1.